The topological polar surface area (TPSA) is 79.9 Å². The Hall–Kier alpha value is -3.26. The lowest BCUT2D eigenvalue weighted by Gasteiger charge is -2.05. The standard InChI is InChI=1S/C19H15FN4O2S/c1-10-3-5-14-13(7-10)17(24-23-14)18(25)22-19-21-15(9-27-19)12-8-11(20)4-6-16(12)26-2/h3-9H,1-2H3,(H,23,24)(H,21,22,25). The van der Waals surface area contributed by atoms with Crippen LogP contribution in [0.2, 0.25) is 0 Å². The Morgan fingerprint density at radius 1 is 1.26 bits per heavy atom. The molecule has 4 rings (SSSR count). The van der Waals surface area contributed by atoms with Crippen LogP contribution in [-0.4, -0.2) is 28.2 Å². The fourth-order valence-corrected chi connectivity index (χ4v) is 3.50. The van der Waals surface area contributed by atoms with E-state index in [-0.39, 0.29) is 11.7 Å². The summed E-state index contributed by atoms with van der Waals surface area (Å²) < 4.78 is 18.9. The number of aromatic amines is 1. The minimum absolute atomic E-state index is 0.300. The number of aryl methyl sites for hydroxylation is 1. The Bertz CT molecular complexity index is 1150. The zero-order chi connectivity index (χ0) is 19.0. The number of thiazole rings is 1. The van der Waals surface area contributed by atoms with Crippen molar-refractivity contribution in [3.63, 3.8) is 0 Å². The summed E-state index contributed by atoms with van der Waals surface area (Å²) in [5, 5.41) is 12.6. The Labute approximate surface area is 158 Å². The number of amides is 1. The van der Waals surface area contributed by atoms with Crippen LogP contribution in [0.15, 0.2) is 41.8 Å². The number of anilines is 1. The fourth-order valence-electron chi connectivity index (χ4n) is 2.79. The second-order valence-corrected chi connectivity index (χ2v) is 6.82. The number of hydrogen-bond acceptors (Lipinski definition) is 5. The first kappa shape index (κ1) is 17.2. The van der Waals surface area contributed by atoms with Gasteiger partial charge >= 0.3 is 0 Å². The predicted molar refractivity (Wildman–Crippen MR) is 103 cm³/mol. The number of rotatable bonds is 4. The number of carbonyl (C=O) groups excluding carboxylic acids is 1. The van der Waals surface area contributed by atoms with Crippen LogP contribution >= 0.6 is 11.3 Å². The van der Waals surface area contributed by atoms with Gasteiger partial charge in [0, 0.05) is 16.3 Å². The molecule has 2 heterocycles. The predicted octanol–water partition coefficient (Wildman–Crippen LogP) is 4.39. The van der Waals surface area contributed by atoms with Crippen molar-refractivity contribution in [3.8, 4) is 17.0 Å². The number of benzene rings is 2. The second kappa shape index (κ2) is 6.81. The van der Waals surface area contributed by atoms with Crippen LogP contribution < -0.4 is 10.1 Å². The molecule has 0 fully saturated rings. The molecule has 0 saturated heterocycles. The average molecular weight is 382 g/mol. The summed E-state index contributed by atoms with van der Waals surface area (Å²) in [7, 11) is 1.51. The molecule has 0 bridgehead atoms. The Morgan fingerprint density at radius 2 is 2.11 bits per heavy atom. The molecule has 2 N–H and O–H groups in total. The monoisotopic (exact) mass is 382 g/mol. The van der Waals surface area contributed by atoms with Gasteiger partial charge in [-0.1, -0.05) is 11.6 Å². The van der Waals surface area contributed by atoms with E-state index in [1.807, 2.05) is 25.1 Å². The van der Waals surface area contributed by atoms with Gasteiger partial charge in [-0.05, 0) is 37.3 Å². The number of carbonyl (C=O) groups is 1. The molecule has 0 radical (unpaired) electrons. The minimum atomic E-state index is -0.386. The minimum Gasteiger partial charge on any atom is -0.496 e. The van der Waals surface area contributed by atoms with Gasteiger partial charge in [0.25, 0.3) is 5.91 Å². The van der Waals surface area contributed by atoms with E-state index in [4.69, 9.17) is 4.74 Å². The highest BCUT2D eigenvalue weighted by molar-refractivity contribution is 7.14. The molecule has 27 heavy (non-hydrogen) atoms. The van der Waals surface area contributed by atoms with Gasteiger partial charge < -0.3 is 4.74 Å². The number of methoxy groups -OCH3 is 1. The van der Waals surface area contributed by atoms with Gasteiger partial charge in [0.05, 0.1) is 18.3 Å². The maximum Gasteiger partial charge on any atom is 0.278 e. The van der Waals surface area contributed by atoms with Crippen molar-refractivity contribution >= 4 is 33.3 Å². The molecule has 2 aromatic heterocycles. The van der Waals surface area contributed by atoms with Crippen LogP contribution in [-0.2, 0) is 0 Å². The first-order valence-electron chi connectivity index (χ1n) is 8.10. The van der Waals surface area contributed by atoms with Gasteiger partial charge in [0.1, 0.15) is 11.6 Å². The largest absolute Gasteiger partial charge is 0.496 e. The molecule has 0 aliphatic carbocycles. The number of fused-ring (bicyclic) bond motifs is 1. The Kier molecular flexibility index (Phi) is 4.33. The van der Waals surface area contributed by atoms with E-state index in [0.29, 0.717) is 27.8 Å². The second-order valence-electron chi connectivity index (χ2n) is 5.96. The van der Waals surface area contributed by atoms with Crippen molar-refractivity contribution in [2.45, 2.75) is 6.92 Å². The first-order chi connectivity index (χ1) is 13.0. The molecule has 0 atom stereocenters. The van der Waals surface area contributed by atoms with Gasteiger partial charge in [-0.3, -0.25) is 15.2 Å². The number of hydrogen-bond donors (Lipinski definition) is 2. The average Bonchev–Trinajstić information content (AvgIpc) is 3.28. The van der Waals surface area contributed by atoms with Gasteiger partial charge in [0.15, 0.2) is 10.8 Å². The van der Waals surface area contributed by atoms with Crippen LogP contribution in [0.4, 0.5) is 9.52 Å². The van der Waals surface area contributed by atoms with E-state index >= 15 is 0 Å². The first-order valence-corrected chi connectivity index (χ1v) is 8.98. The van der Waals surface area contributed by atoms with Gasteiger partial charge in [-0.15, -0.1) is 11.3 Å². The summed E-state index contributed by atoms with van der Waals surface area (Å²) in [5.41, 5.74) is 3.17. The maximum atomic E-state index is 13.6. The molecule has 1 amide bonds. The molecule has 0 unspecified atom stereocenters. The van der Waals surface area contributed by atoms with Crippen LogP contribution in [0.25, 0.3) is 22.2 Å². The number of nitrogens with one attached hydrogen (secondary N) is 2. The van der Waals surface area contributed by atoms with Crippen molar-refractivity contribution in [2.75, 3.05) is 12.4 Å². The van der Waals surface area contributed by atoms with E-state index in [0.717, 1.165) is 16.5 Å². The molecule has 0 aliphatic heterocycles. The van der Waals surface area contributed by atoms with Crippen molar-refractivity contribution in [3.05, 3.63) is 58.9 Å². The Balaban J connectivity index is 1.62. The van der Waals surface area contributed by atoms with Gasteiger partial charge in [-0.2, -0.15) is 5.10 Å². The molecule has 0 spiro atoms. The summed E-state index contributed by atoms with van der Waals surface area (Å²) in [6.07, 6.45) is 0. The van der Waals surface area contributed by atoms with E-state index in [9.17, 15) is 9.18 Å². The van der Waals surface area contributed by atoms with E-state index < -0.39 is 0 Å². The third-order valence-corrected chi connectivity index (χ3v) is 4.85. The molecule has 6 nitrogen and oxygen atoms in total. The van der Waals surface area contributed by atoms with E-state index in [1.54, 1.807) is 11.4 Å². The van der Waals surface area contributed by atoms with Crippen molar-refractivity contribution in [1.82, 2.24) is 15.2 Å². The number of ether oxygens (including phenoxy) is 1. The van der Waals surface area contributed by atoms with Crippen LogP contribution in [0.5, 0.6) is 5.75 Å². The molecular formula is C19H15FN4O2S. The van der Waals surface area contributed by atoms with Crippen LogP contribution in [0.1, 0.15) is 16.1 Å². The molecular weight excluding hydrogens is 367 g/mol. The third kappa shape index (κ3) is 3.26. The highest BCUT2D eigenvalue weighted by Gasteiger charge is 2.17. The quantitative estimate of drug-likeness (QED) is 0.548. The maximum absolute atomic E-state index is 13.6. The van der Waals surface area contributed by atoms with E-state index in [2.05, 4.69) is 20.5 Å². The molecule has 0 saturated carbocycles. The summed E-state index contributed by atoms with van der Waals surface area (Å²) in [5.74, 6) is -0.241. The fraction of sp³-hybridized carbons (Fsp3) is 0.105. The highest BCUT2D eigenvalue weighted by Crippen LogP contribution is 2.33. The number of aromatic nitrogens is 3. The lowest BCUT2D eigenvalue weighted by molar-refractivity contribution is 0.102. The number of nitrogens with zero attached hydrogens (tertiary/aromatic N) is 2. The third-order valence-electron chi connectivity index (χ3n) is 4.10. The van der Waals surface area contributed by atoms with Gasteiger partial charge in [0.2, 0.25) is 0 Å². The SMILES string of the molecule is COc1ccc(F)cc1-c1csc(NC(=O)c2n[nH]c3ccc(C)cc23)n1. The van der Waals surface area contributed by atoms with Crippen LogP contribution in [0.3, 0.4) is 0 Å². The zero-order valence-corrected chi connectivity index (χ0v) is 15.4. The van der Waals surface area contributed by atoms with E-state index in [1.165, 1.54) is 30.6 Å². The lowest BCUT2D eigenvalue weighted by atomic mass is 10.1. The zero-order valence-electron chi connectivity index (χ0n) is 14.5. The number of halogens is 1. The van der Waals surface area contributed by atoms with Crippen molar-refractivity contribution < 1.29 is 13.9 Å². The molecule has 136 valence electrons. The normalized spacial score (nSPS) is 10.9. The van der Waals surface area contributed by atoms with Crippen LogP contribution in [0, 0.1) is 12.7 Å². The molecule has 2 aromatic carbocycles. The van der Waals surface area contributed by atoms with Crippen molar-refractivity contribution in [1.29, 1.82) is 0 Å². The molecule has 0 aliphatic rings. The van der Waals surface area contributed by atoms with Crippen molar-refractivity contribution in [2.24, 2.45) is 0 Å². The highest BCUT2D eigenvalue weighted by atomic mass is 32.1. The summed E-state index contributed by atoms with van der Waals surface area (Å²) in [4.78, 5) is 17.0. The summed E-state index contributed by atoms with van der Waals surface area (Å²) in [6, 6.07) is 9.94. The summed E-state index contributed by atoms with van der Waals surface area (Å²) >= 11 is 1.24. The Morgan fingerprint density at radius 3 is 2.93 bits per heavy atom. The summed E-state index contributed by atoms with van der Waals surface area (Å²) in [6.45, 7) is 1.95. The molecule has 8 heteroatoms. The molecule has 4 aromatic rings. The van der Waals surface area contributed by atoms with Gasteiger partial charge in [-0.25, -0.2) is 9.37 Å². The number of H-pyrrole nitrogens is 1. The smallest absolute Gasteiger partial charge is 0.278 e. The lowest BCUT2D eigenvalue weighted by Crippen LogP contribution is -2.12.